The molecule has 1 heterocycles. The number of ether oxygens (including phenoxy) is 1. The molecule has 2 N–H and O–H groups in total. The van der Waals surface area contributed by atoms with Gasteiger partial charge in [0, 0.05) is 12.1 Å². The summed E-state index contributed by atoms with van der Waals surface area (Å²) in [6.45, 7) is 0. The standard InChI is InChI=1S/C11H7F3N4O3/c12-11(13,14)10-16-8(15)5-9(17-10)21-7-4-2-1-3-6(7)18(19)20/h1-5H,(H2,15,16,17). The molecule has 0 saturated carbocycles. The number of para-hydroxylation sites is 2. The Morgan fingerprint density at radius 3 is 2.52 bits per heavy atom. The van der Waals surface area contributed by atoms with Crippen molar-refractivity contribution < 1.29 is 22.8 Å². The first kappa shape index (κ1) is 14.5. The third kappa shape index (κ3) is 3.35. The molecule has 2 rings (SSSR count). The number of nitrogens with two attached hydrogens (primary N) is 1. The van der Waals surface area contributed by atoms with E-state index in [0.717, 1.165) is 12.1 Å². The van der Waals surface area contributed by atoms with Gasteiger partial charge >= 0.3 is 11.9 Å². The van der Waals surface area contributed by atoms with Gasteiger partial charge in [-0.15, -0.1) is 0 Å². The Kier molecular flexibility index (Phi) is 3.61. The van der Waals surface area contributed by atoms with E-state index in [1.165, 1.54) is 18.2 Å². The maximum Gasteiger partial charge on any atom is 0.451 e. The van der Waals surface area contributed by atoms with Crippen LogP contribution in [0.1, 0.15) is 5.82 Å². The van der Waals surface area contributed by atoms with Crippen LogP contribution in [0.15, 0.2) is 30.3 Å². The second-order valence-corrected chi connectivity index (χ2v) is 3.78. The summed E-state index contributed by atoms with van der Waals surface area (Å²) in [5, 5.41) is 10.8. The summed E-state index contributed by atoms with van der Waals surface area (Å²) < 4.78 is 42.7. The number of halogens is 3. The van der Waals surface area contributed by atoms with Crippen molar-refractivity contribution in [2.24, 2.45) is 0 Å². The maximum atomic E-state index is 12.5. The molecule has 0 aliphatic carbocycles. The van der Waals surface area contributed by atoms with Gasteiger partial charge in [0.25, 0.3) is 0 Å². The van der Waals surface area contributed by atoms with Crippen LogP contribution >= 0.6 is 0 Å². The molecule has 0 aliphatic rings. The molecule has 21 heavy (non-hydrogen) atoms. The van der Waals surface area contributed by atoms with Crippen molar-refractivity contribution in [3.63, 3.8) is 0 Å². The molecule has 0 radical (unpaired) electrons. The third-order valence-corrected chi connectivity index (χ3v) is 2.25. The van der Waals surface area contributed by atoms with Crippen LogP contribution in [-0.2, 0) is 6.18 Å². The van der Waals surface area contributed by atoms with E-state index in [2.05, 4.69) is 9.97 Å². The molecule has 110 valence electrons. The summed E-state index contributed by atoms with van der Waals surface area (Å²) in [6.07, 6.45) is -4.81. The van der Waals surface area contributed by atoms with Crippen LogP contribution in [-0.4, -0.2) is 14.9 Å². The number of rotatable bonds is 3. The Morgan fingerprint density at radius 2 is 1.90 bits per heavy atom. The fourth-order valence-electron chi connectivity index (χ4n) is 1.43. The van der Waals surface area contributed by atoms with Crippen molar-refractivity contribution in [1.29, 1.82) is 0 Å². The van der Waals surface area contributed by atoms with Crippen LogP contribution in [0.4, 0.5) is 24.7 Å². The molecule has 1 aromatic carbocycles. The third-order valence-electron chi connectivity index (χ3n) is 2.25. The van der Waals surface area contributed by atoms with E-state index in [1.807, 2.05) is 0 Å². The molecular formula is C11H7F3N4O3. The molecule has 0 amide bonds. The smallest absolute Gasteiger partial charge is 0.432 e. The van der Waals surface area contributed by atoms with Crippen molar-refractivity contribution in [2.75, 3.05) is 5.73 Å². The molecule has 0 aliphatic heterocycles. The van der Waals surface area contributed by atoms with Gasteiger partial charge in [0.1, 0.15) is 5.82 Å². The first-order valence-electron chi connectivity index (χ1n) is 5.40. The minimum absolute atomic E-state index is 0.256. The largest absolute Gasteiger partial charge is 0.451 e. The number of nitro benzene ring substituents is 1. The van der Waals surface area contributed by atoms with Crippen LogP contribution in [0.25, 0.3) is 0 Å². The zero-order valence-electron chi connectivity index (χ0n) is 10.2. The Hall–Kier alpha value is -2.91. The monoisotopic (exact) mass is 300 g/mol. The Morgan fingerprint density at radius 1 is 1.24 bits per heavy atom. The molecule has 0 atom stereocenters. The number of aromatic nitrogens is 2. The minimum atomic E-state index is -4.81. The molecule has 0 spiro atoms. The van der Waals surface area contributed by atoms with E-state index in [-0.39, 0.29) is 5.75 Å². The number of alkyl halides is 3. The molecule has 10 heteroatoms. The fourth-order valence-corrected chi connectivity index (χ4v) is 1.43. The summed E-state index contributed by atoms with van der Waals surface area (Å²) in [6, 6.07) is 6.12. The van der Waals surface area contributed by atoms with Crippen LogP contribution in [0.2, 0.25) is 0 Å². The number of hydrogen-bond donors (Lipinski definition) is 1. The molecule has 0 unspecified atom stereocenters. The number of hydrogen-bond acceptors (Lipinski definition) is 6. The highest BCUT2D eigenvalue weighted by Gasteiger charge is 2.35. The van der Waals surface area contributed by atoms with Crippen molar-refractivity contribution in [3.8, 4) is 11.6 Å². The number of nitro groups is 1. The lowest BCUT2D eigenvalue weighted by molar-refractivity contribution is -0.385. The second-order valence-electron chi connectivity index (χ2n) is 3.78. The summed E-state index contributed by atoms with van der Waals surface area (Å²) >= 11 is 0. The maximum absolute atomic E-state index is 12.5. The number of nitrogens with zero attached hydrogens (tertiary/aromatic N) is 3. The van der Waals surface area contributed by atoms with E-state index < -0.39 is 34.3 Å². The van der Waals surface area contributed by atoms with Gasteiger partial charge in [-0.05, 0) is 6.07 Å². The highest BCUT2D eigenvalue weighted by atomic mass is 19.4. The van der Waals surface area contributed by atoms with Gasteiger partial charge in [0.15, 0.2) is 0 Å². The lowest BCUT2D eigenvalue weighted by Gasteiger charge is -2.09. The SMILES string of the molecule is Nc1cc(Oc2ccccc2[N+](=O)[O-])nc(C(F)(F)F)n1. The Bertz CT molecular complexity index is 691. The van der Waals surface area contributed by atoms with Gasteiger partial charge in [0.05, 0.1) is 4.92 Å². The van der Waals surface area contributed by atoms with Crippen molar-refractivity contribution in [1.82, 2.24) is 9.97 Å². The number of benzene rings is 1. The predicted molar refractivity (Wildman–Crippen MR) is 64.6 cm³/mol. The first-order valence-corrected chi connectivity index (χ1v) is 5.40. The zero-order chi connectivity index (χ0) is 15.6. The van der Waals surface area contributed by atoms with Crippen LogP contribution < -0.4 is 10.5 Å². The van der Waals surface area contributed by atoms with E-state index in [0.29, 0.717) is 0 Å². The van der Waals surface area contributed by atoms with Crippen molar-refractivity contribution >= 4 is 11.5 Å². The summed E-state index contributed by atoms with van der Waals surface area (Å²) in [4.78, 5) is 16.2. The van der Waals surface area contributed by atoms with Gasteiger partial charge < -0.3 is 10.5 Å². The molecule has 1 aromatic heterocycles. The van der Waals surface area contributed by atoms with E-state index >= 15 is 0 Å². The van der Waals surface area contributed by atoms with Gasteiger partial charge in [-0.1, -0.05) is 12.1 Å². The molecule has 0 fully saturated rings. The summed E-state index contributed by atoms with van der Waals surface area (Å²) in [5.74, 6) is -2.75. The van der Waals surface area contributed by atoms with E-state index in [4.69, 9.17) is 10.5 Å². The normalized spacial score (nSPS) is 11.2. The van der Waals surface area contributed by atoms with E-state index in [1.54, 1.807) is 0 Å². The summed E-state index contributed by atoms with van der Waals surface area (Å²) in [7, 11) is 0. The van der Waals surface area contributed by atoms with Gasteiger partial charge in [0.2, 0.25) is 17.5 Å². The molecule has 2 aromatic rings. The molecule has 0 bridgehead atoms. The van der Waals surface area contributed by atoms with Crippen LogP contribution in [0.3, 0.4) is 0 Å². The highest BCUT2D eigenvalue weighted by molar-refractivity contribution is 5.48. The average Bonchev–Trinajstić information content (AvgIpc) is 2.37. The quantitative estimate of drug-likeness (QED) is 0.690. The lowest BCUT2D eigenvalue weighted by Crippen LogP contribution is -2.13. The van der Waals surface area contributed by atoms with E-state index in [9.17, 15) is 23.3 Å². The predicted octanol–water partition coefficient (Wildman–Crippen LogP) is 2.78. The Labute approximate surface area is 115 Å². The van der Waals surface area contributed by atoms with Crippen LogP contribution in [0.5, 0.6) is 11.6 Å². The number of anilines is 1. The number of nitrogen functional groups attached to an aromatic ring is 1. The van der Waals surface area contributed by atoms with Crippen LogP contribution in [0, 0.1) is 10.1 Å². The fraction of sp³-hybridized carbons (Fsp3) is 0.0909. The van der Waals surface area contributed by atoms with Crippen molar-refractivity contribution in [2.45, 2.75) is 6.18 Å². The van der Waals surface area contributed by atoms with Gasteiger partial charge in [-0.3, -0.25) is 10.1 Å². The molecule has 7 nitrogen and oxygen atoms in total. The Balaban J connectivity index is 2.41. The highest BCUT2D eigenvalue weighted by Crippen LogP contribution is 2.33. The van der Waals surface area contributed by atoms with Crippen molar-refractivity contribution in [3.05, 3.63) is 46.3 Å². The minimum Gasteiger partial charge on any atom is -0.432 e. The topological polar surface area (TPSA) is 104 Å². The summed E-state index contributed by atoms with van der Waals surface area (Å²) in [5.41, 5.74) is 4.83. The zero-order valence-corrected chi connectivity index (χ0v) is 10.2. The van der Waals surface area contributed by atoms with Gasteiger partial charge in [-0.25, -0.2) is 4.98 Å². The molecular weight excluding hydrogens is 293 g/mol. The lowest BCUT2D eigenvalue weighted by atomic mass is 10.3. The second kappa shape index (κ2) is 5.23. The van der Waals surface area contributed by atoms with Gasteiger partial charge in [-0.2, -0.15) is 18.2 Å². The molecule has 0 saturated heterocycles. The first-order chi connectivity index (χ1) is 9.77. The average molecular weight is 300 g/mol.